The summed E-state index contributed by atoms with van der Waals surface area (Å²) in [6.07, 6.45) is 1.74. The molecule has 0 saturated heterocycles. The highest BCUT2D eigenvalue weighted by molar-refractivity contribution is 5.78. The molecule has 0 radical (unpaired) electrons. The van der Waals surface area contributed by atoms with Gasteiger partial charge in [0.05, 0.1) is 12.3 Å². The van der Waals surface area contributed by atoms with Crippen LogP contribution < -0.4 is 5.56 Å². The molecule has 0 bridgehead atoms. The second-order valence-corrected chi connectivity index (χ2v) is 6.49. The van der Waals surface area contributed by atoms with Gasteiger partial charge in [-0.1, -0.05) is 60.7 Å². The van der Waals surface area contributed by atoms with E-state index in [1.165, 1.54) is 4.40 Å². The predicted octanol–water partition coefficient (Wildman–Crippen LogP) is 2.70. The largest absolute Gasteiger partial charge is 0.395 e. The number of aromatic amines is 1. The number of H-pyrrole nitrogens is 1. The lowest BCUT2D eigenvalue weighted by molar-refractivity contribution is 0.278. The van der Waals surface area contributed by atoms with Gasteiger partial charge in [-0.2, -0.15) is 4.98 Å². The molecule has 7 nitrogen and oxygen atoms in total. The van der Waals surface area contributed by atoms with Crippen LogP contribution in [0.15, 0.2) is 71.7 Å². The lowest BCUT2D eigenvalue weighted by Crippen LogP contribution is -2.14. The lowest BCUT2D eigenvalue weighted by Gasteiger charge is -2.06. The Morgan fingerprint density at radius 1 is 0.929 bits per heavy atom. The van der Waals surface area contributed by atoms with E-state index in [2.05, 4.69) is 15.0 Å². The van der Waals surface area contributed by atoms with Gasteiger partial charge in [0.25, 0.3) is 5.56 Å². The highest BCUT2D eigenvalue weighted by Crippen LogP contribution is 2.23. The molecule has 2 N–H and O–H groups in total. The molecule has 138 valence electrons. The highest BCUT2D eigenvalue weighted by Gasteiger charge is 2.19. The molecule has 0 atom stereocenters. The number of imidazole rings is 2. The van der Waals surface area contributed by atoms with Gasteiger partial charge < -0.3 is 14.7 Å². The quantitative estimate of drug-likeness (QED) is 0.508. The first-order chi connectivity index (χ1) is 13.8. The van der Waals surface area contributed by atoms with Crippen LogP contribution in [-0.2, 0) is 6.54 Å². The third-order valence-corrected chi connectivity index (χ3v) is 4.75. The molecule has 0 amide bonds. The van der Waals surface area contributed by atoms with Crippen LogP contribution in [0.1, 0.15) is 0 Å². The zero-order chi connectivity index (χ0) is 19.1. The maximum Gasteiger partial charge on any atom is 0.287 e. The molecule has 2 aromatic carbocycles. The monoisotopic (exact) mass is 371 g/mol. The summed E-state index contributed by atoms with van der Waals surface area (Å²) in [5, 5.41) is 9.54. The van der Waals surface area contributed by atoms with Crippen LogP contribution in [0, 0.1) is 0 Å². The smallest absolute Gasteiger partial charge is 0.287 e. The Morgan fingerprint density at radius 3 is 2.29 bits per heavy atom. The Morgan fingerprint density at radius 2 is 1.61 bits per heavy atom. The standard InChI is InChI=1S/C21H17N5O2/c27-12-11-25-18(15-9-5-2-6-10-15)23-17-19(25)24-21-22-16(13-26(21)20(17)28)14-7-3-1-4-8-14/h1-10,13,27H,11-12H2,(H,22,24). The lowest BCUT2D eigenvalue weighted by atomic mass is 10.2. The van der Waals surface area contributed by atoms with E-state index in [9.17, 15) is 9.90 Å². The van der Waals surface area contributed by atoms with Gasteiger partial charge >= 0.3 is 0 Å². The Balaban J connectivity index is 1.78. The van der Waals surface area contributed by atoms with Crippen molar-refractivity contribution in [3.63, 3.8) is 0 Å². The molecule has 0 spiro atoms. The van der Waals surface area contributed by atoms with Crippen molar-refractivity contribution in [2.24, 2.45) is 0 Å². The van der Waals surface area contributed by atoms with E-state index in [0.29, 0.717) is 23.8 Å². The van der Waals surface area contributed by atoms with E-state index in [-0.39, 0.29) is 17.7 Å². The number of hydrogen-bond donors (Lipinski definition) is 2. The number of nitrogens with zero attached hydrogens (tertiary/aromatic N) is 4. The summed E-state index contributed by atoms with van der Waals surface area (Å²) in [5.41, 5.74) is 3.13. The molecule has 0 aliphatic heterocycles. The Kier molecular flexibility index (Phi) is 3.80. The second kappa shape index (κ2) is 6.47. The van der Waals surface area contributed by atoms with Gasteiger partial charge in [-0.3, -0.25) is 4.79 Å². The maximum absolute atomic E-state index is 13.1. The first-order valence-corrected chi connectivity index (χ1v) is 8.99. The number of nitrogens with one attached hydrogen (secondary N) is 1. The van der Waals surface area contributed by atoms with Crippen molar-refractivity contribution in [1.82, 2.24) is 23.9 Å². The van der Waals surface area contributed by atoms with Gasteiger partial charge in [0.15, 0.2) is 11.2 Å². The zero-order valence-electron chi connectivity index (χ0n) is 14.9. The van der Waals surface area contributed by atoms with Gasteiger partial charge in [0.1, 0.15) is 5.82 Å². The SMILES string of the molecule is O=c1c2nc(-c3ccccc3)n(CCO)c2nc2[nH]c(-c3ccccc3)cn12. The van der Waals surface area contributed by atoms with Crippen LogP contribution in [0.2, 0.25) is 0 Å². The average molecular weight is 371 g/mol. The van der Waals surface area contributed by atoms with Gasteiger partial charge in [0, 0.05) is 18.3 Å². The highest BCUT2D eigenvalue weighted by atomic mass is 16.3. The summed E-state index contributed by atoms with van der Waals surface area (Å²) in [6, 6.07) is 19.3. The first kappa shape index (κ1) is 16.5. The third kappa shape index (κ3) is 2.52. The minimum absolute atomic E-state index is 0.0770. The Labute approximate surface area is 159 Å². The summed E-state index contributed by atoms with van der Waals surface area (Å²) in [6.45, 7) is 0.224. The first-order valence-electron chi connectivity index (χ1n) is 8.99. The summed E-state index contributed by atoms with van der Waals surface area (Å²) < 4.78 is 3.27. The molecule has 0 saturated carbocycles. The molecule has 0 unspecified atom stereocenters. The summed E-state index contributed by atoms with van der Waals surface area (Å²) in [4.78, 5) is 25.5. The van der Waals surface area contributed by atoms with Gasteiger partial charge in [-0.15, -0.1) is 0 Å². The van der Waals surface area contributed by atoms with Crippen LogP contribution in [0.25, 0.3) is 39.6 Å². The van der Waals surface area contributed by atoms with Crippen molar-refractivity contribution in [2.45, 2.75) is 6.54 Å². The van der Waals surface area contributed by atoms with Crippen LogP contribution in [0.3, 0.4) is 0 Å². The topological polar surface area (TPSA) is 88.2 Å². The maximum atomic E-state index is 13.1. The Bertz CT molecular complexity index is 1330. The van der Waals surface area contributed by atoms with Crippen molar-refractivity contribution >= 4 is 16.9 Å². The van der Waals surface area contributed by atoms with E-state index < -0.39 is 0 Å². The molecule has 7 heteroatoms. The van der Waals surface area contributed by atoms with Gasteiger partial charge in [-0.05, 0) is 5.56 Å². The molecule has 3 aromatic heterocycles. The van der Waals surface area contributed by atoms with Crippen LogP contribution in [0.4, 0.5) is 0 Å². The average Bonchev–Trinajstić information content (AvgIpc) is 3.33. The second-order valence-electron chi connectivity index (χ2n) is 6.49. The van der Waals surface area contributed by atoms with Gasteiger partial charge in [0.2, 0.25) is 5.78 Å². The van der Waals surface area contributed by atoms with Crippen LogP contribution in [0.5, 0.6) is 0 Å². The molecular weight excluding hydrogens is 354 g/mol. The molecule has 0 fully saturated rings. The normalized spacial score (nSPS) is 11.5. The van der Waals surface area contributed by atoms with Crippen molar-refractivity contribution in [3.05, 3.63) is 77.2 Å². The molecule has 3 heterocycles. The molecular formula is C21H17N5O2. The fraction of sp³-hybridized carbons (Fsp3) is 0.0952. The number of aliphatic hydroxyl groups excluding tert-OH is 1. The minimum Gasteiger partial charge on any atom is -0.395 e. The molecule has 0 aliphatic rings. The fourth-order valence-corrected chi connectivity index (χ4v) is 3.44. The Hall–Kier alpha value is -3.71. The van der Waals surface area contributed by atoms with Gasteiger partial charge in [-0.25, -0.2) is 9.38 Å². The van der Waals surface area contributed by atoms with Crippen LogP contribution in [-0.4, -0.2) is 35.6 Å². The van der Waals surface area contributed by atoms with Crippen molar-refractivity contribution in [3.8, 4) is 22.6 Å². The number of fused-ring (bicyclic) bond motifs is 2. The summed E-state index contributed by atoms with van der Waals surface area (Å²) >= 11 is 0. The number of benzene rings is 2. The third-order valence-electron chi connectivity index (χ3n) is 4.75. The van der Waals surface area contributed by atoms with E-state index >= 15 is 0 Å². The van der Waals surface area contributed by atoms with E-state index in [4.69, 9.17) is 0 Å². The number of aliphatic hydroxyl groups is 1. The minimum atomic E-state index is -0.243. The summed E-state index contributed by atoms with van der Waals surface area (Å²) in [5.74, 6) is 1.06. The number of rotatable bonds is 4. The number of aromatic nitrogens is 5. The molecule has 28 heavy (non-hydrogen) atoms. The van der Waals surface area contributed by atoms with Crippen molar-refractivity contribution in [2.75, 3.05) is 6.61 Å². The zero-order valence-corrected chi connectivity index (χ0v) is 14.9. The van der Waals surface area contributed by atoms with E-state index in [0.717, 1.165) is 16.8 Å². The molecule has 5 rings (SSSR count). The van der Waals surface area contributed by atoms with Crippen molar-refractivity contribution < 1.29 is 5.11 Å². The van der Waals surface area contributed by atoms with Crippen LogP contribution >= 0.6 is 0 Å². The van der Waals surface area contributed by atoms with E-state index in [1.807, 2.05) is 60.7 Å². The summed E-state index contributed by atoms with van der Waals surface area (Å²) in [7, 11) is 0. The number of hydrogen-bond acceptors (Lipinski definition) is 4. The molecule has 0 aliphatic carbocycles. The fourth-order valence-electron chi connectivity index (χ4n) is 3.44. The van der Waals surface area contributed by atoms with Crippen molar-refractivity contribution in [1.29, 1.82) is 0 Å². The molecule has 5 aromatic rings. The van der Waals surface area contributed by atoms with E-state index in [1.54, 1.807) is 10.8 Å². The predicted molar refractivity (Wildman–Crippen MR) is 107 cm³/mol.